The van der Waals surface area contributed by atoms with Crippen LogP contribution in [0.3, 0.4) is 0 Å². The van der Waals surface area contributed by atoms with Crippen molar-refractivity contribution in [1.29, 1.82) is 0 Å². The molecule has 0 aromatic heterocycles. The van der Waals surface area contributed by atoms with Crippen molar-refractivity contribution in [3.63, 3.8) is 0 Å². The van der Waals surface area contributed by atoms with Gasteiger partial charge in [-0.05, 0) is 69.5 Å². The normalized spacial score (nSPS) is 11.9. The van der Waals surface area contributed by atoms with Gasteiger partial charge in [-0.3, -0.25) is 4.79 Å². The molecule has 1 atom stereocenters. The van der Waals surface area contributed by atoms with Crippen molar-refractivity contribution >= 4 is 11.6 Å². The highest BCUT2D eigenvalue weighted by Gasteiger charge is 2.14. The predicted octanol–water partition coefficient (Wildman–Crippen LogP) is 4.57. The largest absolute Gasteiger partial charge is 0.493 e. The van der Waals surface area contributed by atoms with Crippen molar-refractivity contribution in [3.05, 3.63) is 53.6 Å². The lowest BCUT2D eigenvalue weighted by atomic mass is 10.1. The van der Waals surface area contributed by atoms with Crippen LogP contribution in [0, 0.1) is 13.8 Å². The number of hydrogen-bond donors (Lipinski definition) is 2. The topological polar surface area (TPSA) is 71.0 Å². The average Bonchev–Trinajstić information content (AvgIpc) is 2.78. The third-order valence-corrected chi connectivity index (χ3v) is 5.38. The standard InChI is InChI=1S/C26H38N2O4/c1-5-16-28(18-22(29)19-32-24-14-7-6-13-23(24)31-4)17-9-8-15-25(30)27-26-20(2)11-10-12-21(26)3/h6-7,10-14,22,29H,5,8-9,15-19H2,1-4H3,(H,27,30). The third-order valence-electron chi connectivity index (χ3n) is 5.38. The number of rotatable bonds is 14. The molecule has 0 saturated heterocycles. The Hall–Kier alpha value is -2.57. The number of methoxy groups -OCH3 is 1. The molecule has 0 fully saturated rings. The Morgan fingerprint density at radius 1 is 1.03 bits per heavy atom. The van der Waals surface area contributed by atoms with Crippen LogP contribution in [-0.4, -0.2) is 55.4 Å². The number of nitrogens with zero attached hydrogens (tertiary/aromatic N) is 1. The zero-order chi connectivity index (χ0) is 23.3. The summed E-state index contributed by atoms with van der Waals surface area (Å²) in [7, 11) is 1.60. The van der Waals surface area contributed by atoms with Gasteiger partial charge in [0.2, 0.25) is 5.91 Å². The molecular weight excluding hydrogens is 404 g/mol. The molecule has 0 bridgehead atoms. The van der Waals surface area contributed by atoms with Gasteiger partial charge in [0.1, 0.15) is 12.7 Å². The summed E-state index contributed by atoms with van der Waals surface area (Å²) in [5.41, 5.74) is 3.08. The Labute approximate surface area is 192 Å². The number of para-hydroxylation sites is 3. The van der Waals surface area contributed by atoms with Crippen LogP contribution in [0.4, 0.5) is 5.69 Å². The Kier molecular flexibility index (Phi) is 11.0. The van der Waals surface area contributed by atoms with Crippen molar-refractivity contribution in [2.75, 3.05) is 38.7 Å². The number of aliphatic hydroxyl groups excluding tert-OH is 1. The van der Waals surface area contributed by atoms with Gasteiger partial charge in [-0.2, -0.15) is 0 Å². The van der Waals surface area contributed by atoms with Gasteiger partial charge < -0.3 is 24.8 Å². The number of anilines is 1. The van der Waals surface area contributed by atoms with Gasteiger partial charge in [0.25, 0.3) is 0 Å². The Balaban J connectivity index is 1.72. The van der Waals surface area contributed by atoms with Gasteiger partial charge in [0, 0.05) is 18.7 Å². The van der Waals surface area contributed by atoms with Crippen molar-refractivity contribution in [1.82, 2.24) is 4.90 Å². The minimum Gasteiger partial charge on any atom is -0.493 e. The summed E-state index contributed by atoms with van der Waals surface area (Å²) in [5.74, 6) is 1.34. The maximum Gasteiger partial charge on any atom is 0.224 e. The lowest BCUT2D eigenvalue weighted by Gasteiger charge is -2.25. The molecule has 2 rings (SSSR count). The molecule has 0 spiro atoms. The zero-order valence-electron chi connectivity index (χ0n) is 19.9. The van der Waals surface area contributed by atoms with Crippen LogP contribution < -0.4 is 14.8 Å². The van der Waals surface area contributed by atoms with Crippen molar-refractivity contribution in [2.45, 2.75) is 52.6 Å². The highest BCUT2D eigenvalue weighted by atomic mass is 16.5. The average molecular weight is 443 g/mol. The lowest BCUT2D eigenvalue weighted by molar-refractivity contribution is -0.116. The van der Waals surface area contributed by atoms with Gasteiger partial charge in [-0.25, -0.2) is 0 Å². The number of carbonyl (C=O) groups excluding carboxylic acids is 1. The summed E-state index contributed by atoms with van der Waals surface area (Å²) in [6, 6.07) is 13.4. The molecule has 6 heteroatoms. The second-order valence-electron chi connectivity index (χ2n) is 8.19. The molecule has 32 heavy (non-hydrogen) atoms. The van der Waals surface area contributed by atoms with E-state index in [1.165, 1.54) is 0 Å². The molecule has 0 aliphatic carbocycles. The van der Waals surface area contributed by atoms with Gasteiger partial charge in [-0.1, -0.05) is 37.3 Å². The first kappa shape index (κ1) is 25.7. The van der Waals surface area contributed by atoms with Gasteiger partial charge in [0.15, 0.2) is 11.5 Å². The van der Waals surface area contributed by atoms with E-state index in [4.69, 9.17) is 9.47 Å². The molecule has 2 aromatic carbocycles. The lowest BCUT2D eigenvalue weighted by Crippen LogP contribution is -2.36. The molecule has 0 heterocycles. The number of carbonyl (C=O) groups is 1. The quantitative estimate of drug-likeness (QED) is 0.419. The van der Waals surface area contributed by atoms with E-state index < -0.39 is 6.10 Å². The highest BCUT2D eigenvalue weighted by Crippen LogP contribution is 2.25. The van der Waals surface area contributed by atoms with Gasteiger partial charge in [-0.15, -0.1) is 0 Å². The number of hydrogen-bond acceptors (Lipinski definition) is 5. The van der Waals surface area contributed by atoms with E-state index >= 15 is 0 Å². The number of benzene rings is 2. The second-order valence-corrected chi connectivity index (χ2v) is 8.19. The number of aliphatic hydroxyl groups is 1. The number of ether oxygens (including phenoxy) is 2. The number of amides is 1. The van der Waals surface area contributed by atoms with Crippen molar-refractivity contribution in [3.8, 4) is 11.5 Å². The second kappa shape index (κ2) is 13.8. The van der Waals surface area contributed by atoms with Gasteiger partial charge in [0.05, 0.1) is 7.11 Å². The molecule has 176 valence electrons. The zero-order valence-corrected chi connectivity index (χ0v) is 19.9. The molecule has 1 unspecified atom stereocenters. The Morgan fingerprint density at radius 2 is 1.72 bits per heavy atom. The Morgan fingerprint density at radius 3 is 2.38 bits per heavy atom. The first-order valence-electron chi connectivity index (χ1n) is 11.5. The van der Waals surface area contributed by atoms with Crippen LogP contribution in [0.25, 0.3) is 0 Å². The summed E-state index contributed by atoms with van der Waals surface area (Å²) in [4.78, 5) is 14.6. The molecule has 2 aromatic rings. The monoisotopic (exact) mass is 442 g/mol. The van der Waals surface area contributed by atoms with E-state index in [-0.39, 0.29) is 12.5 Å². The fraction of sp³-hybridized carbons (Fsp3) is 0.500. The summed E-state index contributed by atoms with van der Waals surface area (Å²) in [5, 5.41) is 13.5. The van der Waals surface area contributed by atoms with Crippen LogP contribution in [0.1, 0.15) is 43.7 Å². The molecule has 1 amide bonds. The minimum atomic E-state index is -0.598. The van der Waals surface area contributed by atoms with Crippen molar-refractivity contribution in [2.24, 2.45) is 0 Å². The van der Waals surface area contributed by atoms with E-state index in [1.54, 1.807) is 7.11 Å². The molecule has 0 saturated carbocycles. The van der Waals surface area contributed by atoms with E-state index in [0.29, 0.717) is 24.5 Å². The van der Waals surface area contributed by atoms with E-state index in [1.807, 2.05) is 56.3 Å². The number of unbranched alkanes of at least 4 members (excludes halogenated alkanes) is 1. The molecular formula is C26H38N2O4. The first-order chi connectivity index (χ1) is 15.4. The maximum absolute atomic E-state index is 12.3. The maximum atomic E-state index is 12.3. The minimum absolute atomic E-state index is 0.0506. The number of nitrogens with one attached hydrogen (secondary N) is 1. The molecule has 2 N–H and O–H groups in total. The van der Waals surface area contributed by atoms with Crippen molar-refractivity contribution < 1.29 is 19.4 Å². The molecule has 0 aliphatic heterocycles. The number of aryl methyl sites for hydroxylation is 2. The van der Waals surface area contributed by atoms with Crippen LogP contribution >= 0.6 is 0 Å². The summed E-state index contributed by atoms with van der Waals surface area (Å²) < 4.78 is 11.0. The summed E-state index contributed by atoms with van der Waals surface area (Å²) >= 11 is 0. The SMILES string of the molecule is CCCN(CCCCC(=O)Nc1c(C)cccc1C)CC(O)COc1ccccc1OC. The Bertz CT molecular complexity index is 820. The van der Waals surface area contributed by atoms with Gasteiger partial charge >= 0.3 is 0 Å². The summed E-state index contributed by atoms with van der Waals surface area (Å²) in [6.45, 7) is 8.64. The first-order valence-corrected chi connectivity index (χ1v) is 11.5. The van der Waals surface area contributed by atoms with Crippen LogP contribution in [0.2, 0.25) is 0 Å². The van der Waals surface area contributed by atoms with E-state index in [0.717, 1.165) is 49.2 Å². The van der Waals surface area contributed by atoms with E-state index in [2.05, 4.69) is 17.1 Å². The van der Waals surface area contributed by atoms with Crippen LogP contribution in [-0.2, 0) is 4.79 Å². The summed E-state index contributed by atoms with van der Waals surface area (Å²) in [6.07, 6.45) is 2.62. The highest BCUT2D eigenvalue weighted by molar-refractivity contribution is 5.92. The van der Waals surface area contributed by atoms with Crippen LogP contribution in [0.5, 0.6) is 11.5 Å². The predicted molar refractivity (Wildman–Crippen MR) is 130 cm³/mol. The van der Waals surface area contributed by atoms with Crippen LogP contribution in [0.15, 0.2) is 42.5 Å². The fourth-order valence-electron chi connectivity index (χ4n) is 3.72. The molecule has 0 radical (unpaired) electrons. The molecule has 0 aliphatic rings. The molecule has 6 nitrogen and oxygen atoms in total. The fourth-order valence-corrected chi connectivity index (χ4v) is 3.72. The third kappa shape index (κ3) is 8.52. The van der Waals surface area contributed by atoms with E-state index in [9.17, 15) is 9.90 Å². The smallest absolute Gasteiger partial charge is 0.224 e.